The third-order valence-electron chi connectivity index (χ3n) is 7.59. The van der Waals surface area contributed by atoms with Gasteiger partial charge in [-0.2, -0.15) is 53.2 Å². The van der Waals surface area contributed by atoms with E-state index >= 15 is 0 Å². The van der Waals surface area contributed by atoms with Gasteiger partial charge < -0.3 is 20.4 Å². The average molecular weight is 829 g/mol. The molecule has 0 saturated carbocycles. The van der Waals surface area contributed by atoms with E-state index in [9.17, 15) is 23.0 Å². The fourth-order valence-electron chi connectivity index (χ4n) is 5.00. The molecule has 2 amide bonds. The summed E-state index contributed by atoms with van der Waals surface area (Å²) in [5.41, 5.74) is 6.23. The molecular formula is C37H27N8Na3O7S2. The van der Waals surface area contributed by atoms with Crippen LogP contribution in [0.2, 0.25) is 0 Å². The standard InChI is InChI=1S/C37H29N8O7S2.3Na/c1-23-18-29(39-37(46)38-26-6-4-3-5-7-26)14-16-34(23)45-43-30-15-17-35(24(2)19-30)44-41-28-12-10-27(11-13-28)40-42-31-9-8-25-20-32(53-52-51-47)22-36(33(25)21-31)54(48,49)50;;;/h4-22,47H,1-2H3,(H2,38,39,46)(H,48,49,50);;;/q-1;3*+1/p-2. The monoisotopic (exact) mass is 828 g/mol. The summed E-state index contributed by atoms with van der Waals surface area (Å²) in [6, 6.07) is 34.2. The first-order valence-electron chi connectivity index (χ1n) is 15.8. The summed E-state index contributed by atoms with van der Waals surface area (Å²) in [5.74, 6) is 0. The molecule has 6 aromatic rings. The molecule has 20 heteroatoms. The predicted octanol–water partition coefficient (Wildman–Crippen LogP) is 1.29. The van der Waals surface area contributed by atoms with Gasteiger partial charge in [-0.05, 0) is 115 Å². The van der Waals surface area contributed by atoms with Crippen molar-refractivity contribution in [1.29, 1.82) is 0 Å². The van der Waals surface area contributed by atoms with Crippen LogP contribution in [0.25, 0.3) is 10.8 Å². The van der Waals surface area contributed by atoms with E-state index in [2.05, 4.69) is 56.8 Å². The van der Waals surface area contributed by atoms with Gasteiger partial charge in [0.15, 0.2) is 0 Å². The number of anilines is 2. The fourth-order valence-corrected chi connectivity index (χ4v) is 6.24. The van der Waals surface area contributed by atoms with Crippen LogP contribution in [0.3, 0.4) is 0 Å². The molecule has 0 aromatic heterocycles. The van der Waals surface area contributed by atoms with Crippen molar-refractivity contribution in [1.82, 2.24) is 0 Å². The van der Waals surface area contributed by atoms with Crippen LogP contribution in [0.4, 0.5) is 50.3 Å². The number of rotatable bonds is 12. The van der Waals surface area contributed by atoms with Gasteiger partial charge in [-0.15, -0.1) is 12.1 Å². The van der Waals surface area contributed by atoms with E-state index in [0.29, 0.717) is 62.9 Å². The Kier molecular flexibility index (Phi) is 19.3. The predicted molar refractivity (Wildman–Crippen MR) is 199 cm³/mol. The molecule has 2 N–H and O–H groups in total. The molecule has 0 atom stereocenters. The second-order valence-corrected chi connectivity index (χ2v) is 13.6. The molecule has 0 aliphatic rings. The summed E-state index contributed by atoms with van der Waals surface area (Å²) in [4.78, 5) is 12.0. The van der Waals surface area contributed by atoms with E-state index in [4.69, 9.17) is 0 Å². The summed E-state index contributed by atoms with van der Waals surface area (Å²) in [6.07, 6.45) is 0. The van der Waals surface area contributed by atoms with Crippen molar-refractivity contribution in [3.8, 4) is 0 Å². The van der Waals surface area contributed by atoms with Gasteiger partial charge >= 0.3 is 94.7 Å². The molecule has 0 aliphatic carbocycles. The third-order valence-corrected chi connectivity index (χ3v) is 9.02. The van der Waals surface area contributed by atoms with Crippen LogP contribution >= 0.6 is 12.0 Å². The number of hydrogen-bond donors (Lipinski definition) is 2. The van der Waals surface area contributed by atoms with Crippen molar-refractivity contribution < 1.29 is 121 Å². The van der Waals surface area contributed by atoms with Crippen molar-refractivity contribution in [2.24, 2.45) is 30.7 Å². The van der Waals surface area contributed by atoms with Crippen LogP contribution in [-0.2, 0) is 19.5 Å². The summed E-state index contributed by atoms with van der Waals surface area (Å²) in [6.45, 7) is 3.77. The normalized spacial score (nSPS) is 11.3. The minimum atomic E-state index is -4.87. The Balaban J connectivity index is 0.00000290. The second-order valence-electron chi connectivity index (χ2n) is 11.5. The Morgan fingerprint density at radius 1 is 0.649 bits per heavy atom. The van der Waals surface area contributed by atoms with Crippen LogP contribution in [0.15, 0.2) is 156 Å². The first-order valence-corrected chi connectivity index (χ1v) is 18.0. The molecular weight excluding hydrogens is 802 g/mol. The van der Waals surface area contributed by atoms with Gasteiger partial charge in [0.05, 0.1) is 51.1 Å². The number of hydrogen-bond acceptors (Lipinski definition) is 14. The smallest absolute Gasteiger partial charge is 0.744 e. The number of carbonyl (C=O) groups excluding carboxylic acids is 1. The van der Waals surface area contributed by atoms with Gasteiger partial charge in [0, 0.05) is 16.0 Å². The van der Waals surface area contributed by atoms with Gasteiger partial charge in [0.1, 0.15) is 10.1 Å². The first kappa shape index (κ1) is 48.2. The third kappa shape index (κ3) is 14.0. The number of urea groups is 1. The maximum Gasteiger partial charge on any atom is 1.00 e. The molecule has 0 aliphatic heterocycles. The first-order chi connectivity index (χ1) is 26.0. The number of azo groups is 3. The molecule has 0 radical (unpaired) electrons. The Morgan fingerprint density at radius 2 is 1.18 bits per heavy atom. The second kappa shape index (κ2) is 22.8. The molecule has 0 fully saturated rings. The van der Waals surface area contributed by atoms with E-state index in [1.165, 1.54) is 12.1 Å². The van der Waals surface area contributed by atoms with Crippen LogP contribution in [0.1, 0.15) is 11.1 Å². The maximum atomic E-state index is 12.3. The molecule has 0 heterocycles. The van der Waals surface area contributed by atoms with Crippen molar-refractivity contribution in [3.05, 3.63) is 132 Å². The number of fused-ring (bicyclic) bond motifs is 1. The minimum absolute atomic E-state index is 0. The van der Waals surface area contributed by atoms with Crippen LogP contribution in [0, 0.1) is 19.9 Å². The number of amides is 2. The van der Waals surface area contributed by atoms with Gasteiger partial charge in [0.2, 0.25) is 0 Å². The molecule has 15 nitrogen and oxygen atoms in total. The molecule has 6 rings (SSSR count). The molecule has 0 spiro atoms. The Morgan fingerprint density at radius 3 is 1.79 bits per heavy atom. The summed E-state index contributed by atoms with van der Waals surface area (Å²) in [7, 11) is -4.87. The number of nitrogens with zero attached hydrogens (tertiary/aromatic N) is 6. The van der Waals surface area contributed by atoms with E-state index in [1.54, 1.807) is 84.9 Å². The van der Waals surface area contributed by atoms with E-state index < -0.39 is 15.0 Å². The average Bonchev–Trinajstić information content (AvgIpc) is 3.15. The van der Waals surface area contributed by atoms with Gasteiger partial charge in [-0.3, -0.25) is 5.04 Å². The van der Waals surface area contributed by atoms with Crippen LogP contribution < -0.4 is 105 Å². The van der Waals surface area contributed by atoms with E-state index in [0.717, 1.165) is 17.2 Å². The van der Waals surface area contributed by atoms with Gasteiger partial charge in [0.25, 0.3) is 0 Å². The number of nitrogens with one attached hydrogen (secondary N) is 2. The number of carbonyl (C=O) groups is 1. The summed E-state index contributed by atoms with van der Waals surface area (Å²) in [5, 5.41) is 45.4. The Bertz CT molecular complexity index is 2530. The van der Waals surface area contributed by atoms with Crippen molar-refractivity contribution in [2.75, 3.05) is 10.6 Å². The zero-order chi connectivity index (χ0) is 38.1. The molecule has 57 heavy (non-hydrogen) atoms. The molecule has 0 saturated heterocycles. The van der Waals surface area contributed by atoms with Gasteiger partial charge in [-0.25, -0.2) is 13.2 Å². The topological polar surface area (TPSA) is 214 Å². The Labute approximate surface area is 398 Å². The fraction of sp³-hybridized carbons (Fsp3) is 0.0541. The molecule has 6 aromatic carbocycles. The van der Waals surface area contributed by atoms with Crippen molar-refractivity contribution >= 4 is 84.5 Å². The van der Waals surface area contributed by atoms with E-state index in [1.807, 2.05) is 26.0 Å². The van der Waals surface area contributed by atoms with Crippen LogP contribution in [0.5, 0.6) is 0 Å². The summed E-state index contributed by atoms with van der Waals surface area (Å²) >= 11 is 0.472. The van der Waals surface area contributed by atoms with Crippen molar-refractivity contribution in [3.63, 3.8) is 0 Å². The number of aryl methyl sites for hydroxylation is 2. The molecule has 0 unspecified atom stereocenters. The quantitative estimate of drug-likeness (QED) is 0.0348. The molecule has 0 bridgehead atoms. The maximum absolute atomic E-state index is 12.3. The van der Waals surface area contributed by atoms with E-state index in [-0.39, 0.29) is 105 Å². The largest absolute Gasteiger partial charge is 1.00 e. The van der Waals surface area contributed by atoms with Crippen LogP contribution in [-0.4, -0.2) is 19.0 Å². The molecule has 272 valence electrons. The minimum Gasteiger partial charge on any atom is -0.744 e. The zero-order valence-electron chi connectivity index (χ0n) is 31.3. The zero-order valence-corrected chi connectivity index (χ0v) is 39.0. The SMILES string of the molecule is Cc1cc(N=Nc2ccc(NC(=O)Nc3cc[c-]cc3)cc2C)ccc1N=Nc1ccc(N=Nc2ccc3cc(SOO[O-])cc(S(=O)(=O)[O-])c3c2)cc1.[Na+].[Na+].[Na+]. The van der Waals surface area contributed by atoms with Gasteiger partial charge in [-0.1, -0.05) is 11.8 Å². The van der Waals surface area contributed by atoms with Crippen molar-refractivity contribution in [2.45, 2.75) is 23.6 Å². The number of benzene rings is 6. The summed E-state index contributed by atoms with van der Waals surface area (Å²) < 4.78 is 40.1. The Hall–Kier alpha value is -3.21.